The second-order valence-electron chi connectivity index (χ2n) is 4.11. The molecular weight excluding hydrogens is 226 g/mol. The third-order valence-electron chi connectivity index (χ3n) is 3.01. The van der Waals surface area contributed by atoms with Gasteiger partial charge in [0.1, 0.15) is 0 Å². The van der Waals surface area contributed by atoms with Crippen LogP contribution in [0, 0.1) is 0 Å². The largest absolute Gasteiger partial charge is 0.312 e. The lowest BCUT2D eigenvalue weighted by molar-refractivity contribution is 0.107. The Kier molecular flexibility index (Phi) is 3.15. The Morgan fingerprint density at radius 2 is 2.25 bits per heavy atom. The Morgan fingerprint density at radius 1 is 1.50 bits per heavy atom. The number of rotatable bonds is 3. The van der Waals surface area contributed by atoms with Gasteiger partial charge in [-0.2, -0.15) is 0 Å². The summed E-state index contributed by atoms with van der Waals surface area (Å²) in [5.41, 5.74) is 2.09. The third kappa shape index (κ3) is 1.80. The zero-order chi connectivity index (χ0) is 11.7. The molecule has 0 amide bonds. The molecule has 0 N–H and O–H groups in total. The van der Waals surface area contributed by atoms with Gasteiger partial charge in [-0.15, -0.1) is 0 Å². The van der Waals surface area contributed by atoms with Gasteiger partial charge in [0.15, 0.2) is 0 Å². The number of carbonyl (C=O) groups excluding carboxylic acids is 1. The monoisotopic (exact) mass is 239 g/mol. The molecule has 0 radical (unpaired) electrons. The highest BCUT2D eigenvalue weighted by molar-refractivity contribution is 6.67. The minimum absolute atomic E-state index is 0.121. The van der Waals surface area contributed by atoms with Crippen LogP contribution in [-0.4, -0.2) is 9.81 Å². The fraction of sp³-hybridized carbons (Fsp3) is 0.500. The Morgan fingerprint density at radius 3 is 2.88 bits per heavy atom. The minimum Gasteiger partial charge on any atom is -0.312 e. The van der Waals surface area contributed by atoms with Gasteiger partial charge in [-0.3, -0.25) is 9.59 Å². The summed E-state index contributed by atoms with van der Waals surface area (Å²) in [7, 11) is 0. The van der Waals surface area contributed by atoms with Crippen LogP contribution in [-0.2, 0) is 19.4 Å². The minimum atomic E-state index is -0.649. The molecule has 0 saturated carbocycles. The molecule has 0 atom stereocenters. The molecule has 1 aliphatic rings. The number of aryl methyl sites for hydroxylation is 1. The molecule has 3 nitrogen and oxygen atoms in total. The maximum Gasteiger partial charge on any atom is 0.262 e. The van der Waals surface area contributed by atoms with Crippen molar-refractivity contribution >= 4 is 16.8 Å². The smallest absolute Gasteiger partial charge is 0.262 e. The lowest BCUT2D eigenvalue weighted by Crippen LogP contribution is -2.28. The number of hydrogen-bond donors (Lipinski definition) is 0. The summed E-state index contributed by atoms with van der Waals surface area (Å²) in [4.78, 5) is 23.2. The van der Waals surface area contributed by atoms with E-state index in [1.54, 1.807) is 10.6 Å². The van der Waals surface area contributed by atoms with Gasteiger partial charge in [-0.25, -0.2) is 0 Å². The molecule has 1 heterocycles. The van der Waals surface area contributed by atoms with Crippen LogP contribution in [0.4, 0.5) is 0 Å². The van der Waals surface area contributed by atoms with Crippen molar-refractivity contribution in [2.45, 2.75) is 39.2 Å². The molecule has 0 spiro atoms. The van der Waals surface area contributed by atoms with E-state index in [0.29, 0.717) is 6.54 Å². The fourth-order valence-corrected chi connectivity index (χ4v) is 2.46. The Bertz CT molecular complexity index is 491. The number of hydrogen-bond acceptors (Lipinski definition) is 2. The van der Waals surface area contributed by atoms with E-state index in [0.717, 1.165) is 36.9 Å². The van der Waals surface area contributed by atoms with Crippen molar-refractivity contribution in [2.75, 3.05) is 0 Å². The molecule has 2 rings (SSSR count). The molecule has 16 heavy (non-hydrogen) atoms. The molecule has 4 heteroatoms. The Labute approximate surface area is 99.0 Å². The first-order valence-electron chi connectivity index (χ1n) is 5.60. The SMILES string of the molecule is CCCn1c2c(cc(C(=O)Cl)c1=O)CCC2. The van der Waals surface area contributed by atoms with Crippen molar-refractivity contribution < 1.29 is 4.79 Å². The first kappa shape index (κ1) is 11.4. The molecule has 86 valence electrons. The zero-order valence-corrected chi connectivity index (χ0v) is 10.0. The van der Waals surface area contributed by atoms with Crippen molar-refractivity contribution in [3.8, 4) is 0 Å². The topological polar surface area (TPSA) is 39.1 Å². The molecule has 0 fully saturated rings. The zero-order valence-electron chi connectivity index (χ0n) is 9.25. The highest BCUT2D eigenvalue weighted by Gasteiger charge is 2.20. The van der Waals surface area contributed by atoms with E-state index < -0.39 is 5.24 Å². The molecule has 0 unspecified atom stereocenters. The van der Waals surface area contributed by atoms with Crippen molar-refractivity contribution in [1.29, 1.82) is 0 Å². The predicted octanol–water partition coefficient (Wildman–Crippen LogP) is 2.13. The van der Waals surface area contributed by atoms with E-state index in [9.17, 15) is 9.59 Å². The summed E-state index contributed by atoms with van der Waals surface area (Å²) in [5.74, 6) is 0. The second-order valence-corrected chi connectivity index (χ2v) is 4.46. The number of halogens is 1. The third-order valence-corrected chi connectivity index (χ3v) is 3.21. The number of nitrogens with zero attached hydrogens (tertiary/aromatic N) is 1. The van der Waals surface area contributed by atoms with Gasteiger partial charge in [-0.1, -0.05) is 6.92 Å². The maximum absolute atomic E-state index is 12.0. The fourth-order valence-electron chi connectivity index (χ4n) is 2.32. The van der Waals surface area contributed by atoms with E-state index in [4.69, 9.17) is 11.6 Å². The van der Waals surface area contributed by atoms with E-state index in [2.05, 4.69) is 0 Å². The van der Waals surface area contributed by atoms with E-state index in [-0.39, 0.29) is 11.1 Å². The predicted molar refractivity (Wildman–Crippen MR) is 63.2 cm³/mol. The normalized spacial score (nSPS) is 13.9. The Balaban J connectivity index is 2.65. The lowest BCUT2D eigenvalue weighted by atomic mass is 10.1. The highest BCUT2D eigenvalue weighted by Crippen LogP contribution is 2.22. The number of fused-ring (bicyclic) bond motifs is 1. The van der Waals surface area contributed by atoms with Crippen LogP contribution < -0.4 is 5.56 Å². The summed E-state index contributed by atoms with van der Waals surface area (Å²) in [6.07, 6.45) is 3.81. The van der Waals surface area contributed by atoms with Gasteiger partial charge < -0.3 is 4.57 Å². The molecule has 0 bridgehead atoms. The average molecular weight is 240 g/mol. The van der Waals surface area contributed by atoms with E-state index in [1.165, 1.54) is 0 Å². The molecular formula is C12H14ClNO2. The van der Waals surface area contributed by atoms with Crippen LogP contribution in [0.3, 0.4) is 0 Å². The van der Waals surface area contributed by atoms with Crippen LogP contribution in [0.5, 0.6) is 0 Å². The molecule has 0 saturated heterocycles. The summed E-state index contributed by atoms with van der Waals surface area (Å²) < 4.78 is 1.72. The standard InChI is InChI=1S/C12H14ClNO2/c1-2-6-14-10-5-3-4-8(10)7-9(11(13)15)12(14)16/h7H,2-6H2,1H3. The summed E-state index contributed by atoms with van der Waals surface area (Å²) in [5, 5.41) is -0.649. The number of aromatic nitrogens is 1. The molecule has 0 aromatic carbocycles. The summed E-state index contributed by atoms with van der Waals surface area (Å²) >= 11 is 5.43. The first-order valence-corrected chi connectivity index (χ1v) is 5.98. The van der Waals surface area contributed by atoms with Crippen LogP contribution >= 0.6 is 11.6 Å². The second kappa shape index (κ2) is 4.42. The molecule has 1 aromatic heterocycles. The molecule has 0 aliphatic heterocycles. The quantitative estimate of drug-likeness (QED) is 0.758. The lowest BCUT2D eigenvalue weighted by Gasteiger charge is -2.12. The van der Waals surface area contributed by atoms with Gasteiger partial charge >= 0.3 is 0 Å². The van der Waals surface area contributed by atoms with Crippen LogP contribution in [0.2, 0.25) is 0 Å². The summed E-state index contributed by atoms with van der Waals surface area (Å²) in [6, 6.07) is 1.67. The van der Waals surface area contributed by atoms with Crippen LogP contribution in [0.25, 0.3) is 0 Å². The molecule has 1 aromatic rings. The van der Waals surface area contributed by atoms with Crippen molar-refractivity contribution in [1.82, 2.24) is 4.57 Å². The van der Waals surface area contributed by atoms with Gasteiger partial charge in [0.05, 0.1) is 5.56 Å². The van der Waals surface area contributed by atoms with Crippen molar-refractivity contribution in [2.24, 2.45) is 0 Å². The number of carbonyl (C=O) groups is 1. The van der Waals surface area contributed by atoms with Crippen molar-refractivity contribution in [3.63, 3.8) is 0 Å². The van der Waals surface area contributed by atoms with Crippen molar-refractivity contribution in [3.05, 3.63) is 33.2 Å². The number of pyridine rings is 1. The highest BCUT2D eigenvalue weighted by atomic mass is 35.5. The molecule has 1 aliphatic carbocycles. The van der Waals surface area contributed by atoms with Gasteiger partial charge in [-0.05, 0) is 48.9 Å². The Hall–Kier alpha value is -1.09. The maximum atomic E-state index is 12.0. The van der Waals surface area contributed by atoms with E-state index >= 15 is 0 Å². The first-order chi connectivity index (χ1) is 7.65. The van der Waals surface area contributed by atoms with Gasteiger partial charge in [0.2, 0.25) is 0 Å². The van der Waals surface area contributed by atoms with Crippen LogP contribution in [0.1, 0.15) is 41.4 Å². The van der Waals surface area contributed by atoms with Gasteiger partial charge in [0.25, 0.3) is 10.8 Å². The van der Waals surface area contributed by atoms with Gasteiger partial charge in [0, 0.05) is 12.2 Å². The van der Waals surface area contributed by atoms with Crippen LogP contribution in [0.15, 0.2) is 10.9 Å². The average Bonchev–Trinajstić information content (AvgIpc) is 2.69. The summed E-state index contributed by atoms with van der Waals surface area (Å²) in [6.45, 7) is 2.68. The van der Waals surface area contributed by atoms with E-state index in [1.807, 2.05) is 6.92 Å².